The molecule has 1 fully saturated rings. The summed E-state index contributed by atoms with van der Waals surface area (Å²) >= 11 is 0.734. The molecule has 0 spiro atoms. The van der Waals surface area contributed by atoms with Gasteiger partial charge in [0, 0.05) is 42.3 Å². The van der Waals surface area contributed by atoms with E-state index < -0.39 is 101 Å². The van der Waals surface area contributed by atoms with Gasteiger partial charge in [-0.05, 0) is 29.8 Å². The highest BCUT2D eigenvalue weighted by molar-refractivity contribution is 8.14. The number of nitrogens with one attached hydrogen (secondary N) is 2. The number of thioether (sulfide) groups is 1. The summed E-state index contributed by atoms with van der Waals surface area (Å²) in [6.45, 7) is -0.0243. The van der Waals surface area contributed by atoms with Gasteiger partial charge in [0.15, 0.2) is 17.7 Å². The number of fused-ring (bicyclic) bond motifs is 1. The predicted octanol–water partition coefficient (Wildman–Crippen LogP) is 1.63. The maximum absolute atomic E-state index is 14.3. The third kappa shape index (κ3) is 13.9. The van der Waals surface area contributed by atoms with Crippen LogP contribution in [0.5, 0.6) is 5.75 Å². The first-order valence-corrected chi connectivity index (χ1v) is 24.1. The van der Waals surface area contributed by atoms with Crippen molar-refractivity contribution in [1.29, 1.82) is 0 Å². The van der Waals surface area contributed by atoms with E-state index in [1.807, 2.05) is 0 Å². The normalized spacial score (nSPS) is 20.2. The summed E-state index contributed by atoms with van der Waals surface area (Å²) in [5, 5.41) is 35.9. The van der Waals surface area contributed by atoms with Crippen LogP contribution in [0.1, 0.15) is 36.9 Å². The number of carbonyl (C=O) groups excluding carboxylic acids is 3. The van der Waals surface area contributed by atoms with E-state index in [9.17, 15) is 71.8 Å². The molecule has 3 heterocycles. The summed E-state index contributed by atoms with van der Waals surface area (Å²) in [6.07, 6.45) is -7.27. The molecular weight excluding hydrogens is 957 g/mol. The van der Waals surface area contributed by atoms with Crippen molar-refractivity contribution in [3.8, 4) is 16.9 Å². The lowest BCUT2D eigenvalue weighted by molar-refractivity contribution is -0.137. The molecule has 5 rings (SSSR count). The maximum Gasteiger partial charge on any atom is 0.481 e. The van der Waals surface area contributed by atoms with Gasteiger partial charge in [-0.25, -0.2) is 37.4 Å². The number of phosphoric acid groups is 3. The molecular formula is C34H42F2N7O18P3S. The number of aliphatic hydroxyl groups is 2. The summed E-state index contributed by atoms with van der Waals surface area (Å²) in [6, 6.07) is 6.69. The first-order chi connectivity index (χ1) is 30.3. The van der Waals surface area contributed by atoms with Crippen LogP contribution in [-0.2, 0) is 45.9 Å². The second kappa shape index (κ2) is 21.1. The van der Waals surface area contributed by atoms with Crippen LogP contribution >= 0.6 is 35.2 Å². The number of benzene rings is 2. The number of ether oxygens (including phenoxy) is 1. The van der Waals surface area contributed by atoms with Crippen molar-refractivity contribution < 1.29 is 94.4 Å². The van der Waals surface area contributed by atoms with Crippen LogP contribution in [0.2, 0.25) is 0 Å². The monoisotopic (exact) mass is 999 g/mol. The Balaban J connectivity index is 1.04. The van der Waals surface area contributed by atoms with E-state index in [1.165, 1.54) is 38.1 Å². The molecule has 4 aromatic rings. The van der Waals surface area contributed by atoms with Crippen molar-refractivity contribution in [2.75, 3.05) is 37.8 Å². The number of rotatable bonds is 21. The number of aromatic hydroxyl groups is 1. The molecule has 7 atom stereocenters. The first kappa shape index (κ1) is 51.6. The Kier molecular flexibility index (Phi) is 16.8. The Bertz CT molecular complexity index is 2550. The zero-order valence-corrected chi connectivity index (χ0v) is 37.2. The number of aliphatic hydroxyl groups excluding tert-OH is 2. The molecule has 7 unspecified atom stereocenters. The summed E-state index contributed by atoms with van der Waals surface area (Å²) < 4.78 is 89.8. The third-order valence-corrected chi connectivity index (χ3v) is 13.2. The van der Waals surface area contributed by atoms with Crippen molar-refractivity contribution in [2.24, 2.45) is 5.41 Å². The Morgan fingerprint density at radius 2 is 1.71 bits per heavy atom. The Morgan fingerprint density at radius 1 is 1.00 bits per heavy atom. The SMILES string of the molecule is CC(C)(COP(=O)(O)OP(=O)(O)OCC1OC(n2cnc3c(N)ncnc32)C(O)C1OP(=O)(O)O)C(O)C(=O)NCCC(=O)NCCSC(=O)c1cc(-c2ccc(F)cc2F)ccc1O. The molecule has 1 aliphatic rings. The fourth-order valence-electron chi connectivity index (χ4n) is 5.94. The summed E-state index contributed by atoms with van der Waals surface area (Å²) in [5.74, 6) is -3.68. The number of nitrogen functional groups attached to an aromatic ring is 1. The Labute approximate surface area is 370 Å². The number of phenolic OH excluding ortho intramolecular Hbond substituents is 1. The van der Waals surface area contributed by atoms with E-state index in [2.05, 4.69) is 34.4 Å². The molecule has 2 amide bonds. The molecule has 1 aliphatic heterocycles. The van der Waals surface area contributed by atoms with Gasteiger partial charge in [0.05, 0.1) is 25.1 Å². The van der Waals surface area contributed by atoms with Crippen LogP contribution in [0.25, 0.3) is 22.3 Å². The van der Waals surface area contributed by atoms with Crippen LogP contribution in [-0.4, -0.2) is 128 Å². The minimum absolute atomic E-state index is 0.00624. The molecule has 65 heavy (non-hydrogen) atoms. The maximum atomic E-state index is 14.3. The quantitative estimate of drug-likeness (QED) is 0.0419. The Morgan fingerprint density at radius 3 is 2.40 bits per heavy atom. The number of carbonyl (C=O) groups is 3. The van der Waals surface area contributed by atoms with Crippen molar-refractivity contribution in [1.82, 2.24) is 30.2 Å². The second-order valence-electron chi connectivity index (χ2n) is 14.6. The van der Waals surface area contributed by atoms with Crippen molar-refractivity contribution in [2.45, 2.75) is 50.9 Å². The number of anilines is 1. The molecule has 356 valence electrons. The Hall–Kier alpha value is -4.34. The molecule has 0 saturated carbocycles. The zero-order valence-electron chi connectivity index (χ0n) is 33.7. The van der Waals surface area contributed by atoms with Crippen molar-refractivity contribution in [3.05, 3.63) is 66.3 Å². The predicted molar refractivity (Wildman–Crippen MR) is 220 cm³/mol. The van der Waals surface area contributed by atoms with E-state index in [0.717, 1.165) is 35.0 Å². The van der Waals surface area contributed by atoms with Gasteiger partial charge in [-0.2, -0.15) is 4.31 Å². The number of phosphoric ester groups is 3. The fourth-order valence-corrected chi connectivity index (χ4v) is 9.48. The second-order valence-corrected chi connectivity index (χ2v) is 19.9. The lowest BCUT2D eigenvalue weighted by Crippen LogP contribution is -2.46. The molecule has 2 aromatic heterocycles. The number of imidazole rings is 1. The molecule has 0 bridgehead atoms. The number of amides is 2. The van der Waals surface area contributed by atoms with E-state index in [0.29, 0.717) is 6.07 Å². The summed E-state index contributed by atoms with van der Waals surface area (Å²) in [5.41, 5.74) is 4.23. The minimum Gasteiger partial charge on any atom is -0.507 e. The van der Waals surface area contributed by atoms with Crippen LogP contribution in [0.4, 0.5) is 14.6 Å². The summed E-state index contributed by atoms with van der Waals surface area (Å²) in [7, 11) is -16.5. The number of aromatic nitrogens is 4. The lowest BCUT2D eigenvalue weighted by Gasteiger charge is -2.30. The lowest BCUT2D eigenvalue weighted by atomic mass is 9.87. The van der Waals surface area contributed by atoms with Crippen molar-refractivity contribution >= 4 is 69.1 Å². The van der Waals surface area contributed by atoms with Gasteiger partial charge in [0.2, 0.25) is 16.9 Å². The number of halogens is 2. The standard InChI is InChI=1S/C34H42F2N7O18P3S/c1-34(2,28(47)31(48)39-8-7-24(45)38-9-10-65-33(49)20-11-17(3-6-22(20)44)19-5-4-18(35)12-21(19)36)14-58-64(55,56)61-63(53,54)57-13-23-27(60-62(50,51)52)26(46)32(59-23)43-16-42-25-29(37)40-15-41-30(25)43/h3-6,11-12,15-16,23,26-28,32,44,46-47H,7-10,13-14H2,1-2H3,(H,38,45)(H,39,48)(H,53,54)(H,55,56)(H2,37,40,41)(H2,50,51,52). The number of nitrogens with zero attached hydrogens (tertiary/aromatic N) is 4. The van der Waals surface area contributed by atoms with E-state index >= 15 is 0 Å². The topological polar surface area (TPSA) is 384 Å². The molecule has 1 saturated heterocycles. The van der Waals surface area contributed by atoms with Crippen LogP contribution in [0.15, 0.2) is 49.1 Å². The highest BCUT2D eigenvalue weighted by Gasteiger charge is 2.50. The van der Waals surface area contributed by atoms with Crippen LogP contribution < -0.4 is 16.4 Å². The van der Waals surface area contributed by atoms with Gasteiger partial charge in [-0.15, -0.1) is 0 Å². The number of hydrogen-bond donors (Lipinski definition) is 10. The molecule has 0 aliphatic carbocycles. The number of nitrogens with two attached hydrogens (primary N) is 1. The van der Waals surface area contributed by atoms with E-state index in [1.54, 1.807) is 0 Å². The number of phenols is 1. The summed E-state index contributed by atoms with van der Waals surface area (Å²) in [4.78, 5) is 88.8. The largest absolute Gasteiger partial charge is 0.507 e. The van der Waals surface area contributed by atoms with Gasteiger partial charge in [-0.1, -0.05) is 31.7 Å². The van der Waals surface area contributed by atoms with Crippen molar-refractivity contribution in [3.63, 3.8) is 0 Å². The van der Waals surface area contributed by atoms with E-state index in [4.69, 9.17) is 19.5 Å². The first-order valence-electron chi connectivity index (χ1n) is 18.6. The van der Waals surface area contributed by atoms with Gasteiger partial charge >= 0.3 is 23.5 Å². The highest BCUT2D eigenvalue weighted by Crippen LogP contribution is 2.61. The average Bonchev–Trinajstić information content (AvgIpc) is 3.77. The zero-order chi connectivity index (χ0) is 48.1. The molecule has 31 heteroatoms. The molecule has 2 aromatic carbocycles. The smallest absolute Gasteiger partial charge is 0.481 e. The van der Waals surface area contributed by atoms with Crippen LogP contribution in [0.3, 0.4) is 0 Å². The van der Waals surface area contributed by atoms with Gasteiger partial charge in [0.1, 0.15) is 53.6 Å². The highest BCUT2D eigenvalue weighted by atomic mass is 32.2. The van der Waals surface area contributed by atoms with Gasteiger partial charge in [0.25, 0.3) is 0 Å². The van der Waals surface area contributed by atoms with E-state index in [-0.39, 0.29) is 64.7 Å². The van der Waals surface area contributed by atoms with Gasteiger partial charge in [-0.3, -0.25) is 32.5 Å². The van der Waals surface area contributed by atoms with Gasteiger partial charge < -0.3 is 56.0 Å². The number of hydrogen-bond acceptors (Lipinski definition) is 19. The average molecular weight is 1000 g/mol. The molecule has 11 N–H and O–H groups in total. The minimum atomic E-state index is -5.62. The molecule has 0 radical (unpaired) electrons. The third-order valence-electron chi connectivity index (χ3n) is 9.19. The molecule has 25 nitrogen and oxygen atoms in total. The fraction of sp³-hybridized carbons (Fsp3) is 0.412. The van der Waals surface area contributed by atoms with Crippen LogP contribution in [0, 0.1) is 17.0 Å².